The zero-order chi connectivity index (χ0) is 19.1. The smallest absolute Gasteiger partial charge is 0.227 e. The lowest BCUT2D eigenvalue weighted by Crippen LogP contribution is -2.47. The summed E-state index contributed by atoms with van der Waals surface area (Å²) in [5, 5.41) is 5.36. The molecule has 0 bridgehead atoms. The van der Waals surface area contributed by atoms with E-state index in [4.69, 9.17) is 9.97 Å². The average molecular weight is 379 g/mol. The second-order valence-corrected chi connectivity index (χ2v) is 7.48. The van der Waals surface area contributed by atoms with Gasteiger partial charge in [-0.2, -0.15) is 10.1 Å². The highest BCUT2D eigenvalue weighted by Gasteiger charge is 2.24. The minimum absolute atomic E-state index is 0.773. The van der Waals surface area contributed by atoms with Gasteiger partial charge in [-0.05, 0) is 25.8 Å². The fourth-order valence-corrected chi connectivity index (χ4v) is 4.09. The van der Waals surface area contributed by atoms with E-state index < -0.39 is 0 Å². The van der Waals surface area contributed by atoms with Crippen molar-refractivity contribution in [3.05, 3.63) is 24.3 Å². The molecular formula is C19H25N9. The van der Waals surface area contributed by atoms with Gasteiger partial charge in [0.25, 0.3) is 0 Å². The fraction of sp³-hybridized carbons (Fsp3) is 0.526. The molecule has 9 heteroatoms. The second kappa shape index (κ2) is 6.88. The lowest BCUT2D eigenvalue weighted by Gasteiger charge is -2.35. The van der Waals surface area contributed by atoms with Crippen molar-refractivity contribution >= 4 is 28.6 Å². The summed E-state index contributed by atoms with van der Waals surface area (Å²) in [6.07, 6.45) is 6.24. The Morgan fingerprint density at radius 1 is 0.857 bits per heavy atom. The van der Waals surface area contributed by atoms with E-state index in [1.165, 1.54) is 12.8 Å². The van der Waals surface area contributed by atoms with E-state index in [0.717, 1.165) is 73.7 Å². The van der Waals surface area contributed by atoms with Crippen molar-refractivity contribution in [1.29, 1.82) is 0 Å². The molecule has 5 heterocycles. The van der Waals surface area contributed by atoms with Crippen LogP contribution in [0.3, 0.4) is 0 Å². The van der Waals surface area contributed by atoms with Crippen LogP contribution in [-0.2, 0) is 7.05 Å². The maximum atomic E-state index is 4.83. The molecule has 2 aliphatic heterocycles. The standard InChI is InChI=1S/C19H25N9/c1-14-22-17-15(13-21-25(17)2)18(23-14)27-9-11-28(12-10-27)19-20-6-5-16(24-19)26-7-3-4-8-26/h5-6,13H,3-4,7-12H2,1-2H3. The number of rotatable bonds is 3. The molecule has 0 saturated carbocycles. The van der Waals surface area contributed by atoms with Gasteiger partial charge in [-0.15, -0.1) is 0 Å². The van der Waals surface area contributed by atoms with Crippen LogP contribution in [0.2, 0.25) is 0 Å². The number of hydrogen-bond acceptors (Lipinski definition) is 8. The first-order valence-corrected chi connectivity index (χ1v) is 9.93. The molecule has 0 spiro atoms. The van der Waals surface area contributed by atoms with E-state index in [9.17, 15) is 0 Å². The van der Waals surface area contributed by atoms with Crippen molar-refractivity contribution in [2.45, 2.75) is 19.8 Å². The third-order valence-corrected chi connectivity index (χ3v) is 5.60. The number of aromatic nitrogens is 6. The number of hydrogen-bond donors (Lipinski definition) is 0. The van der Waals surface area contributed by atoms with Crippen molar-refractivity contribution < 1.29 is 0 Å². The van der Waals surface area contributed by atoms with Crippen molar-refractivity contribution in [2.75, 3.05) is 54.0 Å². The summed E-state index contributed by atoms with van der Waals surface area (Å²) in [6, 6.07) is 2.02. The summed E-state index contributed by atoms with van der Waals surface area (Å²) in [6.45, 7) is 7.61. The number of piperazine rings is 1. The predicted molar refractivity (Wildman–Crippen MR) is 109 cm³/mol. The van der Waals surface area contributed by atoms with E-state index in [1.54, 1.807) is 0 Å². The summed E-state index contributed by atoms with van der Waals surface area (Å²) in [5.74, 6) is 3.63. The van der Waals surface area contributed by atoms with Gasteiger partial charge in [0.15, 0.2) is 5.65 Å². The van der Waals surface area contributed by atoms with Crippen molar-refractivity contribution in [3.63, 3.8) is 0 Å². The molecule has 5 rings (SSSR count). The molecule has 146 valence electrons. The maximum Gasteiger partial charge on any atom is 0.227 e. The third-order valence-electron chi connectivity index (χ3n) is 5.60. The Kier molecular flexibility index (Phi) is 4.22. The van der Waals surface area contributed by atoms with Crippen LogP contribution in [0.5, 0.6) is 0 Å². The van der Waals surface area contributed by atoms with Crippen LogP contribution < -0.4 is 14.7 Å². The highest BCUT2D eigenvalue weighted by atomic mass is 15.4. The Morgan fingerprint density at radius 2 is 1.61 bits per heavy atom. The number of anilines is 3. The summed E-state index contributed by atoms with van der Waals surface area (Å²) < 4.78 is 1.81. The van der Waals surface area contributed by atoms with Gasteiger partial charge < -0.3 is 14.7 Å². The topological polar surface area (TPSA) is 79.1 Å². The fourth-order valence-electron chi connectivity index (χ4n) is 4.09. The Hall–Kier alpha value is -2.97. The van der Waals surface area contributed by atoms with Crippen LogP contribution in [0.1, 0.15) is 18.7 Å². The van der Waals surface area contributed by atoms with E-state index in [-0.39, 0.29) is 0 Å². The van der Waals surface area contributed by atoms with Gasteiger partial charge in [0.05, 0.1) is 11.6 Å². The minimum atomic E-state index is 0.773. The van der Waals surface area contributed by atoms with Gasteiger partial charge in [0.1, 0.15) is 17.5 Å². The summed E-state index contributed by atoms with van der Waals surface area (Å²) in [5.41, 5.74) is 0.881. The van der Waals surface area contributed by atoms with E-state index in [0.29, 0.717) is 0 Å². The van der Waals surface area contributed by atoms with Crippen LogP contribution >= 0.6 is 0 Å². The molecule has 3 aromatic heterocycles. The number of nitrogens with zero attached hydrogens (tertiary/aromatic N) is 9. The first-order chi connectivity index (χ1) is 13.7. The molecule has 0 aliphatic carbocycles. The monoisotopic (exact) mass is 379 g/mol. The Bertz CT molecular complexity index is 984. The van der Waals surface area contributed by atoms with Crippen LogP contribution in [0, 0.1) is 6.92 Å². The highest BCUT2D eigenvalue weighted by Crippen LogP contribution is 2.26. The first kappa shape index (κ1) is 17.2. The lowest BCUT2D eigenvalue weighted by atomic mass is 10.3. The normalized spacial score (nSPS) is 17.7. The molecule has 0 atom stereocenters. The van der Waals surface area contributed by atoms with Gasteiger partial charge in [-0.3, -0.25) is 4.68 Å². The van der Waals surface area contributed by atoms with Gasteiger partial charge in [-0.25, -0.2) is 15.0 Å². The van der Waals surface area contributed by atoms with Crippen LogP contribution in [-0.4, -0.2) is 69.0 Å². The lowest BCUT2D eigenvalue weighted by molar-refractivity contribution is 0.634. The van der Waals surface area contributed by atoms with Crippen LogP contribution in [0.15, 0.2) is 18.5 Å². The molecule has 0 N–H and O–H groups in total. The van der Waals surface area contributed by atoms with Crippen LogP contribution in [0.4, 0.5) is 17.6 Å². The van der Waals surface area contributed by atoms with Crippen molar-refractivity contribution in [2.24, 2.45) is 7.05 Å². The molecular weight excluding hydrogens is 354 g/mol. The molecule has 0 aromatic carbocycles. The SMILES string of the molecule is Cc1nc(N2CCN(c3nccc(N4CCCC4)n3)CC2)c2cnn(C)c2n1. The summed E-state index contributed by atoms with van der Waals surface area (Å²) in [7, 11) is 1.92. The van der Waals surface area contributed by atoms with Gasteiger partial charge in [0, 0.05) is 52.5 Å². The minimum Gasteiger partial charge on any atom is -0.356 e. The largest absolute Gasteiger partial charge is 0.356 e. The highest BCUT2D eigenvalue weighted by molar-refractivity contribution is 5.87. The van der Waals surface area contributed by atoms with Gasteiger partial charge >= 0.3 is 0 Å². The average Bonchev–Trinajstić information content (AvgIpc) is 3.39. The zero-order valence-electron chi connectivity index (χ0n) is 16.4. The van der Waals surface area contributed by atoms with E-state index in [1.807, 2.05) is 37.1 Å². The quantitative estimate of drug-likeness (QED) is 0.676. The molecule has 2 aliphatic rings. The number of fused-ring (bicyclic) bond motifs is 1. The molecule has 0 unspecified atom stereocenters. The Morgan fingerprint density at radius 3 is 2.39 bits per heavy atom. The summed E-state index contributed by atoms with van der Waals surface area (Å²) in [4.78, 5) is 25.5. The molecule has 9 nitrogen and oxygen atoms in total. The number of aryl methyl sites for hydroxylation is 2. The molecule has 3 aromatic rings. The first-order valence-electron chi connectivity index (χ1n) is 9.93. The summed E-state index contributed by atoms with van der Waals surface area (Å²) >= 11 is 0. The Labute approximate surface area is 164 Å². The second-order valence-electron chi connectivity index (χ2n) is 7.48. The zero-order valence-corrected chi connectivity index (χ0v) is 16.4. The van der Waals surface area contributed by atoms with Gasteiger partial charge in [-0.1, -0.05) is 0 Å². The predicted octanol–water partition coefficient (Wildman–Crippen LogP) is 1.39. The van der Waals surface area contributed by atoms with Crippen molar-refractivity contribution in [3.8, 4) is 0 Å². The molecule has 28 heavy (non-hydrogen) atoms. The molecule has 0 amide bonds. The van der Waals surface area contributed by atoms with Crippen LogP contribution in [0.25, 0.3) is 11.0 Å². The maximum absolute atomic E-state index is 4.83. The molecule has 2 fully saturated rings. The van der Waals surface area contributed by atoms with E-state index in [2.05, 4.69) is 29.8 Å². The van der Waals surface area contributed by atoms with Gasteiger partial charge in [0.2, 0.25) is 5.95 Å². The molecule has 2 saturated heterocycles. The van der Waals surface area contributed by atoms with Crippen molar-refractivity contribution in [1.82, 2.24) is 29.7 Å². The molecule has 0 radical (unpaired) electrons. The third kappa shape index (κ3) is 3.00. The Balaban J connectivity index is 1.34. The van der Waals surface area contributed by atoms with E-state index >= 15 is 0 Å².